The van der Waals surface area contributed by atoms with Crippen LogP contribution in [-0.4, -0.2) is 68.7 Å². The van der Waals surface area contributed by atoms with Crippen molar-refractivity contribution in [1.82, 2.24) is 10.2 Å². The first-order chi connectivity index (χ1) is 18.0. The number of fused-ring (bicyclic) bond motifs is 2. The van der Waals surface area contributed by atoms with E-state index in [0.717, 1.165) is 16.8 Å². The lowest BCUT2D eigenvalue weighted by atomic mass is 9.74. The van der Waals surface area contributed by atoms with Gasteiger partial charge in [-0.25, -0.2) is 8.42 Å². The molecule has 2 aromatic carbocycles. The van der Waals surface area contributed by atoms with E-state index >= 15 is 0 Å². The number of nitrogens with one attached hydrogen (secondary N) is 1. The molecular formula is C28H39ClN4O5S. The molecule has 2 aromatic rings. The number of nitrogens with two attached hydrogens (primary N) is 1. The first-order valence-electron chi connectivity index (χ1n) is 13.1. The maximum atomic E-state index is 13.6. The molecule has 11 heteroatoms. The fourth-order valence-electron chi connectivity index (χ4n) is 5.18. The number of benzene rings is 2. The predicted octanol–water partition coefficient (Wildman–Crippen LogP) is 2.58. The number of carbonyl (C=O) groups excluding carboxylic acids is 2. The van der Waals surface area contributed by atoms with E-state index in [1.807, 2.05) is 54.6 Å². The Kier molecular flexibility index (Phi) is 9.69. The number of anilines is 1. The van der Waals surface area contributed by atoms with Crippen LogP contribution in [0.3, 0.4) is 0 Å². The molecule has 0 bridgehead atoms. The van der Waals surface area contributed by atoms with Crippen molar-refractivity contribution in [3.8, 4) is 0 Å². The molecule has 2 aliphatic heterocycles. The molecule has 1 fully saturated rings. The summed E-state index contributed by atoms with van der Waals surface area (Å²) in [6, 6.07) is 16.4. The third-order valence-electron chi connectivity index (χ3n) is 7.51. The predicted molar refractivity (Wildman–Crippen MR) is 154 cm³/mol. The molecule has 214 valence electrons. The van der Waals surface area contributed by atoms with Crippen molar-refractivity contribution in [1.29, 1.82) is 0 Å². The lowest BCUT2D eigenvalue weighted by molar-refractivity contribution is -0.140. The largest absolute Gasteiger partial charge is 0.374 e. The number of likely N-dealkylation sites (tertiary alicyclic amines) is 1. The van der Waals surface area contributed by atoms with Gasteiger partial charge in [0.1, 0.15) is 6.04 Å². The second-order valence-corrected chi connectivity index (χ2v) is 13.0. The van der Waals surface area contributed by atoms with E-state index in [4.69, 9.17) is 10.5 Å². The number of nitrogens with zero attached hydrogens (tertiary/aromatic N) is 2. The van der Waals surface area contributed by atoms with Gasteiger partial charge in [0.05, 0.1) is 30.2 Å². The van der Waals surface area contributed by atoms with Gasteiger partial charge in [0.25, 0.3) is 0 Å². The summed E-state index contributed by atoms with van der Waals surface area (Å²) in [7, 11) is -3.41. The van der Waals surface area contributed by atoms with E-state index in [1.54, 1.807) is 25.7 Å². The Balaban J connectivity index is 0.00000420. The van der Waals surface area contributed by atoms with Gasteiger partial charge >= 0.3 is 0 Å². The number of piperidine rings is 1. The summed E-state index contributed by atoms with van der Waals surface area (Å²) in [5, 5.41) is 2.78. The van der Waals surface area contributed by atoms with Gasteiger partial charge in [0, 0.05) is 25.0 Å². The number of sulfonamides is 1. The summed E-state index contributed by atoms with van der Waals surface area (Å²) >= 11 is 0. The van der Waals surface area contributed by atoms with Gasteiger partial charge < -0.3 is 20.7 Å². The highest BCUT2D eigenvalue weighted by Gasteiger charge is 2.48. The highest BCUT2D eigenvalue weighted by Crippen LogP contribution is 2.48. The molecule has 39 heavy (non-hydrogen) atoms. The van der Waals surface area contributed by atoms with Crippen LogP contribution in [0.25, 0.3) is 0 Å². The van der Waals surface area contributed by atoms with Crippen LogP contribution >= 0.6 is 12.4 Å². The van der Waals surface area contributed by atoms with Gasteiger partial charge in [-0.3, -0.25) is 13.9 Å². The monoisotopic (exact) mass is 578 g/mol. The van der Waals surface area contributed by atoms with E-state index in [0.29, 0.717) is 39.1 Å². The Hall–Kier alpha value is -2.66. The summed E-state index contributed by atoms with van der Waals surface area (Å²) in [5.74, 6) is -0.628. The smallest absolute Gasteiger partial charge is 0.247 e. The minimum absolute atomic E-state index is 0. The van der Waals surface area contributed by atoms with E-state index in [1.165, 1.54) is 4.31 Å². The zero-order chi connectivity index (χ0) is 27.6. The number of rotatable bonds is 9. The van der Waals surface area contributed by atoms with Gasteiger partial charge in [-0.05, 0) is 50.8 Å². The van der Waals surface area contributed by atoms with Crippen molar-refractivity contribution < 1.29 is 22.7 Å². The third-order valence-corrected chi connectivity index (χ3v) is 9.23. The Morgan fingerprint density at radius 3 is 2.31 bits per heavy atom. The Morgan fingerprint density at radius 1 is 1.08 bits per heavy atom. The second-order valence-electron chi connectivity index (χ2n) is 10.8. The fourth-order valence-corrected chi connectivity index (χ4v) is 6.39. The van der Waals surface area contributed by atoms with Gasteiger partial charge in [-0.2, -0.15) is 0 Å². The van der Waals surface area contributed by atoms with E-state index in [9.17, 15) is 18.0 Å². The van der Waals surface area contributed by atoms with Crippen molar-refractivity contribution >= 4 is 39.9 Å². The lowest BCUT2D eigenvalue weighted by Crippen LogP contribution is -2.59. The van der Waals surface area contributed by atoms with E-state index < -0.39 is 27.5 Å². The number of halogens is 1. The molecule has 1 saturated heterocycles. The van der Waals surface area contributed by atoms with Crippen LogP contribution in [0.1, 0.15) is 44.7 Å². The van der Waals surface area contributed by atoms with Crippen molar-refractivity contribution in [2.45, 2.75) is 57.2 Å². The zero-order valence-electron chi connectivity index (χ0n) is 22.8. The molecule has 2 aliphatic rings. The van der Waals surface area contributed by atoms with Gasteiger partial charge in [0.2, 0.25) is 21.8 Å². The standard InChI is InChI=1S/C28H38N4O5S.ClH/c1-4-38(35,36)32-20-28(22-12-8-9-13-24(22)32)14-16-31(17-15-28)25(33)23(30-26(34)27(2,3)29)19-37-18-21-10-6-5-7-11-21;/h5-13,23H,4,14-20,29H2,1-3H3,(H,30,34);1H/t23-;/m1./s1. The van der Waals surface area contributed by atoms with Crippen LogP contribution in [-0.2, 0) is 36.4 Å². The maximum Gasteiger partial charge on any atom is 0.247 e. The molecule has 0 aromatic heterocycles. The molecule has 1 spiro atoms. The van der Waals surface area contributed by atoms with Crippen molar-refractivity contribution in [3.05, 3.63) is 65.7 Å². The van der Waals surface area contributed by atoms with Crippen LogP contribution in [0, 0.1) is 0 Å². The van der Waals surface area contributed by atoms with Crippen molar-refractivity contribution in [3.63, 3.8) is 0 Å². The molecule has 4 rings (SSSR count). The molecule has 0 unspecified atom stereocenters. The first-order valence-corrected chi connectivity index (χ1v) is 14.7. The lowest BCUT2D eigenvalue weighted by Gasteiger charge is -2.41. The highest BCUT2D eigenvalue weighted by molar-refractivity contribution is 7.92. The number of ether oxygens (including phenoxy) is 1. The van der Waals surface area contributed by atoms with E-state index in [2.05, 4.69) is 5.32 Å². The minimum Gasteiger partial charge on any atom is -0.374 e. The number of amides is 2. The number of para-hydroxylation sites is 1. The Morgan fingerprint density at radius 2 is 1.69 bits per heavy atom. The summed E-state index contributed by atoms with van der Waals surface area (Å²) in [4.78, 5) is 28.0. The average molecular weight is 579 g/mol. The molecule has 0 radical (unpaired) electrons. The van der Waals surface area contributed by atoms with Gasteiger partial charge in [-0.1, -0.05) is 48.5 Å². The second kappa shape index (κ2) is 12.2. The van der Waals surface area contributed by atoms with Crippen LogP contribution in [0.2, 0.25) is 0 Å². The summed E-state index contributed by atoms with van der Waals surface area (Å²) in [6.07, 6.45) is 1.25. The molecule has 1 atom stereocenters. The van der Waals surface area contributed by atoms with Gasteiger partial charge in [-0.15, -0.1) is 12.4 Å². The van der Waals surface area contributed by atoms with Crippen molar-refractivity contribution in [2.24, 2.45) is 5.73 Å². The van der Waals surface area contributed by atoms with Crippen LogP contribution in [0.4, 0.5) is 5.69 Å². The summed E-state index contributed by atoms with van der Waals surface area (Å²) in [6.45, 7) is 6.44. The first kappa shape index (κ1) is 30.9. The molecule has 0 aliphatic carbocycles. The van der Waals surface area contributed by atoms with E-state index in [-0.39, 0.29) is 36.1 Å². The summed E-state index contributed by atoms with van der Waals surface area (Å²) in [5.41, 5.74) is 7.20. The number of hydrogen-bond acceptors (Lipinski definition) is 6. The topological polar surface area (TPSA) is 122 Å². The molecule has 2 heterocycles. The van der Waals surface area contributed by atoms with Crippen LogP contribution in [0.5, 0.6) is 0 Å². The summed E-state index contributed by atoms with van der Waals surface area (Å²) < 4.78 is 33.0. The average Bonchev–Trinajstić information content (AvgIpc) is 3.23. The Bertz CT molecular complexity index is 1260. The quantitative estimate of drug-likeness (QED) is 0.472. The fraction of sp³-hybridized carbons (Fsp3) is 0.500. The SMILES string of the molecule is CCS(=O)(=O)N1CC2(CCN(C(=O)[C@@H](COCc3ccccc3)NC(=O)C(C)(C)N)CC2)c2ccccc21.Cl. The Labute approximate surface area is 237 Å². The molecule has 0 saturated carbocycles. The maximum absolute atomic E-state index is 13.6. The minimum atomic E-state index is -3.41. The van der Waals surface area contributed by atoms with Crippen molar-refractivity contribution in [2.75, 3.05) is 36.3 Å². The molecule has 9 nitrogen and oxygen atoms in total. The molecule has 3 N–H and O–H groups in total. The highest BCUT2D eigenvalue weighted by atomic mass is 35.5. The van der Waals surface area contributed by atoms with Gasteiger partial charge in [0.15, 0.2) is 0 Å². The van der Waals surface area contributed by atoms with Crippen LogP contribution in [0.15, 0.2) is 54.6 Å². The van der Waals surface area contributed by atoms with Crippen LogP contribution < -0.4 is 15.4 Å². The zero-order valence-corrected chi connectivity index (χ0v) is 24.4. The molecule has 2 amide bonds. The normalized spacial score (nSPS) is 17.3. The molecular weight excluding hydrogens is 540 g/mol. The number of carbonyl (C=O) groups is 2. The third kappa shape index (κ3) is 6.74. The number of hydrogen-bond donors (Lipinski definition) is 2.